The Hall–Kier alpha value is -3.12. The molecule has 0 aromatic heterocycles. The Morgan fingerprint density at radius 1 is 0.419 bits per heavy atom. The number of unbranched alkanes of at least 4 members (excludes halogenated alkanes) is 4. The molecule has 0 aliphatic heterocycles. The summed E-state index contributed by atoms with van der Waals surface area (Å²) in [5.74, 6) is 0. The maximum atomic E-state index is 2.60. The summed E-state index contributed by atoms with van der Waals surface area (Å²) in [5, 5.41) is 0. The second-order valence-corrected chi connectivity index (χ2v) is 13.3. The van der Waals surface area contributed by atoms with Crippen molar-refractivity contribution in [1.82, 2.24) is 0 Å². The highest BCUT2D eigenvalue weighted by Crippen LogP contribution is 2.57. The van der Waals surface area contributed by atoms with E-state index in [4.69, 9.17) is 0 Å². The van der Waals surface area contributed by atoms with Crippen LogP contribution in [-0.4, -0.2) is 0 Å². The molecule has 0 spiro atoms. The average Bonchev–Trinajstić information content (AvgIpc) is 3.29. The van der Waals surface area contributed by atoms with Crippen LogP contribution in [0.4, 0.5) is 0 Å². The van der Waals surface area contributed by atoms with Gasteiger partial charge in [-0.3, -0.25) is 0 Å². The maximum Gasteiger partial charge on any atom is 0.0714 e. The van der Waals surface area contributed by atoms with Gasteiger partial charge in [0, 0.05) is 0 Å². The van der Waals surface area contributed by atoms with Crippen LogP contribution in [0.5, 0.6) is 0 Å². The molecule has 1 aliphatic rings. The van der Waals surface area contributed by atoms with E-state index in [1.807, 2.05) is 0 Å². The minimum absolute atomic E-state index is 0.324. The fraction of sp³-hybridized carbons (Fsp3) is 0.442. The smallest absolute Gasteiger partial charge is 0.0654 e. The Kier molecular flexibility index (Phi) is 10.3. The molecule has 4 aromatic carbocycles. The number of rotatable bonds is 14. The standard InChI is InChI=1S/C43H54/c1-7-11-15-33-25-34(16-12-8-2)28-37(27-33)43(38-29-35(17-13-9-3)26-36(30-38)18-14-10-4)41-23-31(5)19-21-39(41)40-22-20-32(6)24-42(40)43/h19-30H,7-18H2,1-6H3. The lowest BCUT2D eigenvalue weighted by molar-refractivity contribution is 0.732. The van der Waals surface area contributed by atoms with Gasteiger partial charge in [-0.1, -0.05) is 137 Å². The predicted molar refractivity (Wildman–Crippen MR) is 188 cm³/mol. The zero-order valence-corrected chi connectivity index (χ0v) is 27.9. The molecule has 0 unspecified atom stereocenters. The lowest BCUT2D eigenvalue weighted by atomic mass is 9.66. The van der Waals surface area contributed by atoms with Crippen LogP contribution in [0.3, 0.4) is 0 Å². The molecule has 0 saturated carbocycles. The van der Waals surface area contributed by atoms with E-state index < -0.39 is 0 Å². The number of hydrogen-bond acceptors (Lipinski definition) is 0. The van der Waals surface area contributed by atoms with Crippen LogP contribution in [0.15, 0.2) is 72.8 Å². The van der Waals surface area contributed by atoms with Crippen molar-refractivity contribution in [2.45, 2.75) is 124 Å². The molecule has 0 nitrogen and oxygen atoms in total. The van der Waals surface area contributed by atoms with Crippen molar-refractivity contribution in [2.75, 3.05) is 0 Å². The first-order valence-corrected chi connectivity index (χ1v) is 17.4. The molecule has 0 heteroatoms. The summed E-state index contributed by atoms with van der Waals surface area (Å²) in [7, 11) is 0. The first-order chi connectivity index (χ1) is 20.9. The van der Waals surface area contributed by atoms with Gasteiger partial charge in [-0.2, -0.15) is 0 Å². The third-order valence-corrected chi connectivity index (χ3v) is 9.70. The quantitative estimate of drug-likeness (QED) is 0.125. The fourth-order valence-electron chi connectivity index (χ4n) is 7.40. The number of aryl methyl sites for hydroxylation is 6. The molecule has 0 bridgehead atoms. The topological polar surface area (TPSA) is 0 Å². The van der Waals surface area contributed by atoms with Crippen LogP contribution >= 0.6 is 0 Å². The summed E-state index contributed by atoms with van der Waals surface area (Å²) in [6.45, 7) is 13.8. The second kappa shape index (κ2) is 14.1. The van der Waals surface area contributed by atoms with Gasteiger partial charge in [0.2, 0.25) is 0 Å². The third-order valence-electron chi connectivity index (χ3n) is 9.70. The van der Waals surface area contributed by atoms with E-state index in [9.17, 15) is 0 Å². The van der Waals surface area contributed by atoms with Gasteiger partial charge in [-0.05, 0) is 121 Å². The van der Waals surface area contributed by atoms with Crippen LogP contribution < -0.4 is 0 Å². The molecular formula is C43H54. The third kappa shape index (κ3) is 6.40. The summed E-state index contributed by atoms with van der Waals surface area (Å²) in [6.07, 6.45) is 14.5. The monoisotopic (exact) mass is 570 g/mol. The Balaban J connectivity index is 1.89. The molecule has 1 aliphatic carbocycles. The Morgan fingerprint density at radius 2 is 0.744 bits per heavy atom. The minimum atomic E-state index is -0.324. The maximum absolute atomic E-state index is 2.60. The largest absolute Gasteiger partial charge is 0.0714 e. The summed E-state index contributed by atoms with van der Waals surface area (Å²) in [6, 6.07) is 29.9. The van der Waals surface area contributed by atoms with Crippen molar-refractivity contribution < 1.29 is 0 Å². The van der Waals surface area contributed by atoms with Gasteiger partial charge in [0.15, 0.2) is 0 Å². The Labute approximate surface area is 263 Å². The van der Waals surface area contributed by atoms with Crippen molar-refractivity contribution in [3.8, 4) is 11.1 Å². The van der Waals surface area contributed by atoms with Crippen LogP contribution in [0.1, 0.15) is 135 Å². The van der Waals surface area contributed by atoms with Gasteiger partial charge in [0.05, 0.1) is 5.41 Å². The second-order valence-electron chi connectivity index (χ2n) is 13.3. The Morgan fingerprint density at radius 3 is 1.05 bits per heavy atom. The molecule has 0 saturated heterocycles. The van der Waals surface area contributed by atoms with E-state index in [0.29, 0.717) is 0 Å². The van der Waals surface area contributed by atoms with Gasteiger partial charge in [0.25, 0.3) is 0 Å². The molecule has 0 radical (unpaired) electrons. The Bertz CT molecular complexity index is 1360. The average molecular weight is 571 g/mol. The molecule has 5 rings (SSSR count). The van der Waals surface area contributed by atoms with Crippen molar-refractivity contribution >= 4 is 0 Å². The van der Waals surface area contributed by atoms with E-state index in [2.05, 4.69) is 114 Å². The van der Waals surface area contributed by atoms with Crippen molar-refractivity contribution in [3.63, 3.8) is 0 Å². The summed E-state index contributed by atoms with van der Waals surface area (Å²) >= 11 is 0. The highest BCUT2D eigenvalue weighted by Gasteiger charge is 2.46. The summed E-state index contributed by atoms with van der Waals surface area (Å²) < 4.78 is 0. The van der Waals surface area contributed by atoms with Crippen LogP contribution in [0.25, 0.3) is 11.1 Å². The van der Waals surface area contributed by atoms with Crippen molar-refractivity contribution in [3.05, 3.63) is 128 Å². The zero-order chi connectivity index (χ0) is 30.4. The van der Waals surface area contributed by atoms with Gasteiger partial charge >= 0.3 is 0 Å². The normalized spacial score (nSPS) is 13.3. The number of fused-ring (bicyclic) bond motifs is 3. The zero-order valence-electron chi connectivity index (χ0n) is 27.9. The van der Waals surface area contributed by atoms with Gasteiger partial charge in [-0.15, -0.1) is 0 Å². The van der Waals surface area contributed by atoms with E-state index >= 15 is 0 Å². The van der Waals surface area contributed by atoms with Gasteiger partial charge in [-0.25, -0.2) is 0 Å². The molecule has 43 heavy (non-hydrogen) atoms. The molecule has 0 amide bonds. The first-order valence-electron chi connectivity index (χ1n) is 17.4. The highest BCUT2D eigenvalue weighted by molar-refractivity contribution is 5.87. The van der Waals surface area contributed by atoms with Crippen LogP contribution in [0, 0.1) is 13.8 Å². The summed E-state index contributed by atoms with van der Waals surface area (Å²) in [4.78, 5) is 0. The van der Waals surface area contributed by atoms with E-state index in [1.54, 1.807) is 0 Å². The predicted octanol–water partition coefficient (Wildman–Crippen LogP) is 12.0. The highest BCUT2D eigenvalue weighted by atomic mass is 14.5. The molecule has 0 atom stereocenters. The van der Waals surface area contributed by atoms with Crippen LogP contribution in [-0.2, 0) is 31.1 Å². The lowest BCUT2D eigenvalue weighted by Crippen LogP contribution is -2.30. The molecule has 4 aromatic rings. The fourth-order valence-corrected chi connectivity index (χ4v) is 7.40. The minimum Gasteiger partial charge on any atom is -0.0654 e. The van der Waals surface area contributed by atoms with Crippen molar-refractivity contribution in [1.29, 1.82) is 0 Å². The van der Waals surface area contributed by atoms with E-state index in [1.165, 1.54) is 118 Å². The number of hydrogen-bond donors (Lipinski definition) is 0. The molecule has 0 heterocycles. The molecular weight excluding hydrogens is 516 g/mol. The van der Waals surface area contributed by atoms with E-state index in [0.717, 1.165) is 25.7 Å². The lowest BCUT2D eigenvalue weighted by Gasteiger charge is -2.36. The number of benzene rings is 4. The van der Waals surface area contributed by atoms with Gasteiger partial charge in [0.1, 0.15) is 0 Å². The molecule has 0 fully saturated rings. The van der Waals surface area contributed by atoms with E-state index in [-0.39, 0.29) is 5.41 Å². The van der Waals surface area contributed by atoms with Gasteiger partial charge < -0.3 is 0 Å². The summed E-state index contributed by atoms with van der Waals surface area (Å²) in [5.41, 5.74) is 17.1. The molecule has 0 N–H and O–H groups in total. The van der Waals surface area contributed by atoms with Crippen molar-refractivity contribution in [2.24, 2.45) is 0 Å². The first kappa shape index (κ1) is 31.3. The molecule has 226 valence electrons. The van der Waals surface area contributed by atoms with Crippen LogP contribution in [0.2, 0.25) is 0 Å². The SMILES string of the molecule is CCCCc1cc(CCCC)cc(C2(c3cc(CCCC)cc(CCCC)c3)c3cc(C)ccc3-c3ccc(C)cc32)c1.